The largest absolute Gasteiger partial charge is 0.493 e. The molecule has 2 aromatic rings. The molecule has 1 aliphatic heterocycles. The zero-order valence-corrected chi connectivity index (χ0v) is 15.9. The number of carbonyl (C=O) groups excluding carboxylic acids is 1. The quantitative estimate of drug-likeness (QED) is 0.542. The van der Waals surface area contributed by atoms with E-state index in [1.165, 1.54) is 12.1 Å². The van der Waals surface area contributed by atoms with Gasteiger partial charge < -0.3 is 14.8 Å². The number of hydrogen-bond donors (Lipinski definition) is 4. The minimum absolute atomic E-state index is 0.119. The molecule has 7 nitrogen and oxygen atoms in total. The molecule has 150 valence electrons. The van der Waals surface area contributed by atoms with E-state index in [-0.39, 0.29) is 18.0 Å². The maximum absolute atomic E-state index is 13.0. The Labute approximate surface area is 163 Å². The van der Waals surface area contributed by atoms with Crippen LogP contribution in [0.25, 0.3) is 0 Å². The van der Waals surface area contributed by atoms with Crippen molar-refractivity contribution in [2.75, 3.05) is 20.8 Å². The van der Waals surface area contributed by atoms with Crippen LogP contribution in [0.5, 0.6) is 11.5 Å². The standard InChI is InChI=1S/C20H25FN4O3/c1-27-17-8-5-14(12-18(17)28-2)9-10-22-20-23-19(26)16(24-25-20)11-13-3-6-15(21)7-4-13/h3-8,12,16,20,22,24-25H,9-11H2,1-2H3,(H,23,26). The van der Waals surface area contributed by atoms with Crippen molar-refractivity contribution < 1.29 is 18.7 Å². The molecule has 8 heteroatoms. The molecule has 1 amide bonds. The van der Waals surface area contributed by atoms with Crippen LogP contribution in [0.2, 0.25) is 0 Å². The van der Waals surface area contributed by atoms with Gasteiger partial charge in [0.05, 0.1) is 14.2 Å². The molecule has 0 spiro atoms. The Kier molecular flexibility index (Phi) is 6.80. The van der Waals surface area contributed by atoms with Crippen molar-refractivity contribution in [3.63, 3.8) is 0 Å². The maximum atomic E-state index is 13.0. The highest BCUT2D eigenvalue weighted by atomic mass is 19.1. The number of nitrogens with one attached hydrogen (secondary N) is 4. The highest BCUT2D eigenvalue weighted by molar-refractivity contribution is 5.82. The molecule has 2 atom stereocenters. The predicted molar refractivity (Wildman–Crippen MR) is 103 cm³/mol. The van der Waals surface area contributed by atoms with E-state index in [0.717, 1.165) is 17.5 Å². The van der Waals surface area contributed by atoms with Gasteiger partial charge in [-0.3, -0.25) is 10.1 Å². The van der Waals surface area contributed by atoms with Gasteiger partial charge in [-0.15, -0.1) is 0 Å². The van der Waals surface area contributed by atoms with Crippen molar-refractivity contribution in [3.8, 4) is 11.5 Å². The van der Waals surface area contributed by atoms with Gasteiger partial charge >= 0.3 is 0 Å². The van der Waals surface area contributed by atoms with E-state index >= 15 is 0 Å². The third-order valence-electron chi connectivity index (χ3n) is 4.57. The molecule has 0 radical (unpaired) electrons. The van der Waals surface area contributed by atoms with Crippen LogP contribution < -0.4 is 31.0 Å². The molecule has 28 heavy (non-hydrogen) atoms. The average molecular weight is 388 g/mol. The topological polar surface area (TPSA) is 83.7 Å². The van der Waals surface area contributed by atoms with E-state index in [4.69, 9.17) is 9.47 Å². The SMILES string of the molecule is COc1ccc(CCNC2NNC(Cc3ccc(F)cc3)C(=O)N2)cc1OC. The van der Waals surface area contributed by atoms with Crippen LogP contribution in [-0.4, -0.2) is 39.0 Å². The first kappa shape index (κ1) is 20.1. The summed E-state index contributed by atoms with van der Waals surface area (Å²) < 4.78 is 23.5. The average Bonchev–Trinajstić information content (AvgIpc) is 2.71. The summed E-state index contributed by atoms with van der Waals surface area (Å²) in [4.78, 5) is 12.3. The first-order valence-electron chi connectivity index (χ1n) is 9.09. The van der Waals surface area contributed by atoms with Crippen molar-refractivity contribution >= 4 is 5.91 Å². The van der Waals surface area contributed by atoms with Gasteiger partial charge in [-0.2, -0.15) is 0 Å². The van der Waals surface area contributed by atoms with E-state index in [1.54, 1.807) is 26.4 Å². The number of amides is 1. The Morgan fingerprint density at radius 1 is 1.00 bits per heavy atom. The second-order valence-corrected chi connectivity index (χ2v) is 6.51. The van der Waals surface area contributed by atoms with Crippen LogP contribution in [0.1, 0.15) is 11.1 Å². The number of methoxy groups -OCH3 is 2. The van der Waals surface area contributed by atoms with Crippen LogP contribution >= 0.6 is 0 Å². The number of rotatable bonds is 8. The lowest BCUT2D eigenvalue weighted by molar-refractivity contribution is -0.127. The Balaban J connectivity index is 1.45. The Morgan fingerprint density at radius 2 is 1.71 bits per heavy atom. The lowest BCUT2D eigenvalue weighted by Gasteiger charge is -2.32. The van der Waals surface area contributed by atoms with E-state index in [1.807, 2.05) is 18.2 Å². The van der Waals surface area contributed by atoms with Crippen LogP contribution in [0, 0.1) is 5.82 Å². The molecule has 1 heterocycles. The lowest BCUT2D eigenvalue weighted by atomic mass is 10.1. The number of ether oxygens (including phenoxy) is 2. The Morgan fingerprint density at radius 3 is 2.39 bits per heavy atom. The third-order valence-corrected chi connectivity index (χ3v) is 4.57. The molecule has 1 fully saturated rings. The molecule has 4 N–H and O–H groups in total. The summed E-state index contributed by atoms with van der Waals surface area (Å²) in [5, 5.41) is 6.11. The molecular formula is C20H25FN4O3. The molecule has 2 unspecified atom stereocenters. The number of benzene rings is 2. The minimum Gasteiger partial charge on any atom is -0.493 e. The van der Waals surface area contributed by atoms with Gasteiger partial charge in [0.25, 0.3) is 0 Å². The summed E-state index contributed by atoms with van der Waals surface area (Å²) in [5.41, 5.74) is 8.03. The highest BCUT2D eigenvalue weighted by Crippen LogP contribution is 2.27. The fourth-order valence-corrected chi connectivity index (χ4v) is 3.03. The fraction of sp³-hybridized carbons (Fsp3) is 0.350. The van der Waals surface area contributed by atoms with Gasteiger partial charge in [0, 0.05) is 6.54 Å². The smallest absolute Gasteiger partial charge is 0.241 e. The van der Waals surface area contributed by atoms with Crippen LogP contribution in [0.3, 0.4) is 0 Å². The van der Waals surface area contributed by atoms with Crippen LogP contribution in [-0.2, 0) is 17.6 Å². The van der Waals surface area contributed by atoms with Crippen LogP contribution in [0.4, 0.5) is 4.39 Å². The number of halogens is 1. The maximum Gasteiger partial charge on any atom is 0.241 e. The second kappa shape index (κ2) is 9.50. The molecule has 3 rings (SSSR count). The number of hydrazine groups is 1. The summed E-state index contributed by atoms with van der Waals surface area (Å²) in [6, 6.07) is 11.5. The molecule has 2 aromatic carbocycles. The molecule has 1 saturated heterocycles. The van der Waals surface area contributed by atoms with E-state index in [0.29, 0.717) is 24.5 Å². The van der Waals surface area contributed by atoms with Crippen molar-refractivity contribution in [2.24, 2.45) is 0 Å². The summed E-state index contributed by atoms with van der Waals surface area (Å²) in [7, 11) is 3.21. The first-order valence-corrected chi connectivity index (χ1v) is 9.09. The molecule has 0 bridgehead atoms. The number of hydrogen-bond acceptors (Lipinski definition) is 6. The van der Waals surface area contributed by atoms with E-state index in [9.17, 15) is 9.18 Å². The minimum atomic E-state index is -0.422. The van der Waals surface area contributed by atoms with Gasteiger partial charge in [-0.1, -0.05) is 18.2 Å². The van der Waals surface area contributed by atoms with Crippen molar-refractivity contribution in [1.29, 1.82) is 0 Å². The van der Waals surface area contributed by atoms with Gasteiger partial charge in [-0.05, 0) is 48.2 Å². The second-order valence-electron chi connectivity index (χ2n) is 6.51. The molecule has 0 saturated carbocycles. The zero-order chi connectivity index (χ0) is 19.9. The normalized spacial score (nSPS) is 19.2. The zero-order valence-electron chi connectivity index (χ0n) is 15.9. The predicted octanol–water partition coefficient (Wildman–Crippen LogP) is 1.09. The Hall–Kier alpha value is -2.68. The molecule has 0 aliphatic carbocycles. The third kappa shape index (κ3) is 5.19. The van der Waals surface area contributed by atoms with E-state index in [2.05, 4.69) is 21.5 Å². The summed E-state index contributed by atoms with van der Waals surface area (Å²) >= 11 is 0. The van der Waals surface area contributed by atoms with E-state index < -0.39 is 6.04 Å². The van der Waals surface area contributed by atoms with Gasteiger partial charge in [-0.25, -0.2) is 15.2 Å². The monoisotopic (exact) mass is 388 g/mol. The number of carbonyl (C=O) groups is 1. The van der Waals surface area contributed by atoms with Crippen molar-refractivity contribution in [3.05, 3.63) is 59.4 Å². The molecule has 0 aromatic heterocycles. The van der Waals surface area contributed by atoms with Crippen molar-refractivity contribution in [2.45, 2.75) is 25.2 Å². The molecule has 1 aliphatic rings. The van der Waals surface area contributed by atoms with Gasteiger partial charge in [0.15, 0.2) is 11.5 Å². The Bertz CT molecular complexity index is 801. The van der Waals surface area contributed by atoms with Gasteiger partial charge in [0.2, 0.25) is 5.91 Å². The fourth-order valence-electron chi connectivity index (χ4n) is 3.03. The highest BCUT2D eigenvalue weighted by Gasteiger charge is 2.26. The van der Waals surface area contributed by atoms with Crippen molar-refractivity contribution in [1.82, 2.24) is 21.5 Å². The lowest BCUT2D eigenvalue weighted by Crippen LogP contribution is -2.70. The first-order chi connectivity index (χ1) is 13.6. The summed E-state index contributed by atoms with van der Waals surface area (Å²) in [6.45, 7) is 0.651. The van der Waals surface area contributed by atoms with Crippen LogP contribution in [0.15, 0.2) is 42.5 Å². The summed E-state index contributed by atoms with van der Waals surface area (Å²) in [5.74, 6) is 0.972. The molecular weight excluding hydrogens is 363 g/mol. The van der Waals surface area contributed by atoms with Gasteiger partial charge in [0.1, 0.15) is 18.1 Å². The summed E-state index contributed by atoms with van der Waals surface area (Å²) in [6.07, 6.45) is 0.849.